The minimum absolute atomic E-state index is 0.0665. The lowest BCUT2D eigenvalue weighted by molar-refractivity contribution is 0.103. The number of carbonyl (C=O) groups excluding carboxylic acids is 1. The van der Waals surface area contributed by atoms with Gasteiger partial charge in [-0.2, -0.15) is 0 Å². The van der Waals surface area contributed by atoms with Crippen LogP contribution in [0.5, 0.6) is 0 Å². The second kappa shape index (κ2) is 6.62. The fourth-order valence-corrected chi connectivity index (χ4v) is 3.66. The minimum atomic E-state index is -0.0665. The monoisotopic (exact) mass is 350 g/mol. The van der Waals surface area contributed by atoms with Crippen molar-refractivity contribution in [2.24, 2.45) is 0 Å². The second-order valence-corrected chi connectivity index (χ2v) is 6.42. The summed E-state index contributed by atoms with van der Waals surface area (Å²) >= 11 is 1.53. The summed E-state index contributed by atoms with van der Waals surface area (Å²) in [5, 5.41) is 0.818. The number of benzene rings is 1. The van der Waals surface area contributed by atoms with Crippen LogP contribution in [0.25, 0.3) is 0 Å². The molecule has 0 N–H and O–H groups in total. The number of ketones is 1. The van der Waals surface area contributed by atoms with Crippen LogP contribution in [0.1, 0.15) is 15.9 Å². The normalized spacial score (nSPS) is 12.4. The number of pyridine rings is 1. The summed E-state index contributed by atoms with van der Waals surface area (Å²) in [6.45, 7) is 0.323. The molecule has 0 bridgehead atoms. The number of nitrogens with zero attached hydrogens (tertiary/aromatic N) is 4. The zero-order valence-electron chi connectivity index (χ0n) is 13.4. The Morgan fingerprint density at radius 1 is 1.16 bits per heavy atom. The van der Waals surface area contributed by atoms with Gasteiger partial charge in [0.1, 0.15) is 11.8 Å². The van der Waals surface area contributed by atoms with Crippen LogP contribution < -0.4 is 4.90 Å². The van der Waals surface area contributed by atoms with E-state index < -0.39 is 0 Å². The van der Waals surface area contributed by atoms with Crippen LogP contribution in [-0.4, -0.2) is 34.6 Å². The number of hydrogen-bond acceptors (Lipinski definition) is 7. The first-order chi connectivity index (χ1) is 12.3. The van der Waals surface area contributed by atoms with Crippen molar-refractivity contribution in [1.82, 2.24) is 15.0 Å². The van der Waals surface area contributed by atoms with Crippen molar-refractivity contribution in [3.05, 3.63) is 66.2 Å². The van der Waals surface area contributed by atoms with E-state index in [1.54, 1.807) is 44.0 Å². The van der Waals surface area contributed by atoms with Gasteiger partial charge in [0.25, 0.3) is 0 Å². The maximum atomic E-state index is 12.7. The summed E-state index contributed by atoms with van der Waals surface area (Å²) in [5.74, 6) is 0.663. The summed E-state index contributed by atoms with van der Waals surface area (Å²) in [6.07, 6.45) is 6.54. The molecule has 2 aromatic heterocycles. The lowest BCUT2D eigenvalue weighted by Crippen LogP contribution is -2.25. The van der Waals surface area contributed by atoms with Crippen LogP contribution in [0.3, 0.4) is 0 Å². The predicted octanol–water partition coefficient (Wildman–Crippen LogP) is 3.31. The van der Waals surface area contributed by atoms with Crippen LogP contribution in [0.2, 0.25) is 0 Å². The molecule has 1 aliphatic rings. The van der Waals surface area contributed by atoms with Gasteiger partial charge in [0.15, 0.2) is 11.6 Å². The number of fused-ring (bicyclic) bond motifs is 2. The van der Waals surface area contributed by atoms with E-state index >= 15 is 0 Å². The van der Waals surface area contributed by atoms with E-state index in [4.69, 9.17) is 4.74 Å². The largest absolute Gasteiger partial charge is 0.364 e. The third kappa shape index (κ3) is 2.88. The lowest BCUT2D eigenvalue weighted by Gasteiger charge is -2.30. The molecule has 0 unspecified atom stereocenters. The van der Waals surface area contributed by atoms with Gasteiger partial charge in [0.2, 0.25) is 0 Å². The van der Waals surface area contributed by atoms with Crippen molar-refractivity contribution in [2.45, 2.75) is 9.92 Å². The summed E-state index contributed by atoms with van der Waals surface area (Å²) in [7, 11) is 1.63. The molecule has 124 valence electrons. The molecular formula is C18H14N4O2S. The molecule has 0 amide bonds. The Morgan fingerprint density at radius 2 is 2.04 bits per heavy atom. The molecule has 0 saturated carbocycles. The Balaban J connectivity index is 1.77. The first-order valence-electron chi connectivity index (χ1n) is 7.62. The molecule has 7 heteroatoms. The van der Waals surface area contributed by atoms with E-state index in [-0.39, 0.29) is 5.78 Å². The molecule has 3 aromatic rings. The number of ether oxygens (including phenoxy) is 1. The average molecular weight is 350 g/mol. The average Bonchev–Trinajstić information content (AvgIpc) is 2.68. The number of aromatic nitrogens is 3. The quantitative estimate of drug-likeness (QED) is 0.669. The third-order valence-electron chi connectivity index (χ3n) is 3.80. The molecule has 1 aromatic carbocycles. The maximum Gasteiger partial charge on any atom is 0.194 e. The van der Waals surface area contributed by atoms with Gasteiger partial charge in [-0.15, -0.1) is 0 Å². The van der Waals surface area contributed by atoms with Gasteiger partial charge < -0.3 is 4.74 Å². The Hall–Kier alpha value is -2.77. The zero-order valence-corrected chi connectivity index (χ0v) is 14.2. The summed E-state index contributed by atoms with van der Waals surface area (Å²) in [6, 6.07) is 9.15. The molecule has 0 radical (unpaired) electrons. The Kier molecular flexibility index (Phi) is 4.17. The fraction of sp³-hybridized carbons (Fsp3) is 0.111. The summed E-state index contributed by atoms with van der Waals surface area (Å²) in [5.41, 5.74) is 2.04. The van der Waals surface area contributed by atoms with E-state index in [2.05, 4.69) is 15.0 Å². The highest BCUT2D eigenvalue weighted by Gasteiger charge is 2.26. The first kappa shape index (κ1) is 15.7. The van der Waals surface area contributed by atoms with E-state index in [9.17, 15) is 4.79 Å². The number of carbonyl (C=O) groups is 1. The number of rotatable bonds is 4. The highest BCUT2D eigenvalue weighted by atomic mass is 32.2. The van der Waals surface area contributed by atoms with E-state index in [0.717, 1.165) is 21.4 Å². The molecule has 0 aliphatic carbocycles. The fourth-order valence-electron chi connectivity index (χ4n) is 2.67. The van der Waals surface area contributed by atoms with Crippen LogP contribution in [0.4, 0.5) is 11.5 Å². The van der Waals surface area contributed by atoms with Crippen molar-refractivity contribution >= 4 is 29.1 Å². The molecule has 1 aliphatic heterocycles. The Labute approximate surface area is 148 Å². The van der Waals surface area contributed by atoms with Gasteiger partial charge in [0, 0.05) is 47.9 Å². The topological polar surface area (TPSA) is 68.2 Å². The van der Waals surface area contributed by atoms with Crippen LogP contribution in [0.15, 0.2) is 65.0 Å². The Morgan fingerprint density at radius 3 is 2.84 bits per heavy atom. The summed E-state index contributed by atoms with van der Waals surface area (Å²) in [4.78, 5) is 28.5. The van der Waals surface area contributed by atoms with Gasteiger partial charge in [-0.25, -0.2) is 9.97 Å². The molecule has 3 heterocycles. The number of hydrogen-bond donors (Lipinski definition) is 0. The van der Waals surface area contributed by atoms with E-state index in [0.29, 0.717) is 17.9 Å². The van der Waals surface area contributed by atoms with Crippen molar-refractivity contribution in [1.29, 1.82) is 0 Å². The minimum Gasteiger partial charge on any atom is -0.364 e. The van der Waals surface area contributed by atoms with Gasteiger partial charge in [-0.05, 0) is 30.3 Å². The molecule has 0 atom stereocenters. The Bertz CT molecular complexity index is 933. The lowest BCUT2D eigenvalue weighted by atomic mass is 10.0. The third-order valence-corrected chi connectivity index (χ3v) is 4.85. The van der Waals surface area contributed by atoms with Crippen molar-refractivity contribution in [3.8, 4) is 0 Å². The van der Waals surface area contributed by atoms with Crippen molar-refractivity contribution in [2.75, 3.05) is 18.7 Å². The zero-order chi connectivity index (χ0) is 17.2. The molecule has 4 rings (SSSR count). The smallest absolute Gasteiger partial charge is 0.194 e. The van der Waals surface area contributed by atoms with Gasteiger partial charge in [-0.1, -0.05) is 11.8 Å². The molecule has 25 heavy (non-hydrogen) atoms. The van der Waals surface area contributed by atoms with Crippen molar-refractivity contribution < 1.29 is 9.53 Å². The number of anilines is 2. The van der Waals surface area contributed by atoms with Crippen LogP contribution in [0, 0.1) is 0 Å². The van der Waals surface area contributed by atoms with Crippen LogP contribution in [-0.2, 0) is 4.74 Å². The van der Waals surface area contributed by atoms with E-state index in [1.807, 2.05) is 23.1 Å². The molecule has 0 fully saturated rings. The predicted molar refractivity (Wildman–Crippen MR) is 94.3 cm³/mol. The maximum absolute atomic E-state index is 12.7. The number of methoxy groups -OCH3 is 1. The molecule has 0 spiro atoms. The van der Waals surface area contributed by atoms with Gasteiger partial charge in [-0.3, -0.25) is 14.7 Å². The molecular weight excluding hydrogens is 336 g/mol. The van der Waals surface area contributed by atoms with Gasteiger partial charge in [0.05, 0.1) is 5.69 Å². The highest BCUT2D eigenvalue weighted by Crippen LogP contribution is 2.46. The molecule has 0 saturated heterocycles. The highest BCUT2D eigenvalue weighted by molar-refractivity contribution is 7.99. The second-order valence-electron chi connectivity index (χ2n) is 5.39. The van der Waals surface area contributed by atoms with Crippen molar-refractivity contribution in [3.63, 3.8) is 0 Å². The summed E-state index contributed by atoms with van der Waals surface area (Å²) < 4.78 is 5.33. The SMILES string of the molecule is COCN1c2cc(C(=O)c3cccnc3)ccc2Sc2nccnc21. The van der Waals surface area contributed by atoms with E-state index in [1.165, 1.54) is 11.8 Å². The standard InChI is InChI=1S/C18H14N4O2S/c1-24-11-22-14-9-12(16(23)13-3-2-6-19-10-13)4-5-15(14)25-18-17(22)20-7-8-21-18/h2-10H,11H2,1H3. The molecule has 6 nitrogen and oxygen atoms in total. The first-order valence-corrected chi connectivity index (χ1v) is 8.43. The van der Waals surface area contributed by atoms with Crippen LogP contribution >= 0.6 is 11.8 Å². The van der Waals surface area contributed by atoms with Gasteiger partial charge >= 0.3 is 0 Å².